The highest BCUT2D eigenvalue weighted by Crippen LogP contribution is 2.23. The molecule has 1 aliphatic heterocycles. The Morgan fingerprint density at radius 1 is 1.38 bits per heavy atom. The van der Waals surface area contributed by atoms with Crippen molar-refractivity contribution < 1.29 is 14.0 Å². The number of aryl methyl sites for hydroxylation is 3. The van der Waals surface area contributed by atoms with Gasteiger partial charge in [0.25, 0.3) is 0 Å². The van der Waals surface area contributed by atoms with Crippen LogP contribution in [-0.4, -0.2) is 39.0 Å². The number of nitrogens with zero attached hydrogens (tertiary/aromatic N) is 3. The summed E-state index contributed by atoms with van der Waals surface area (Å²) in [6.45, 7) is 2.63. The van der Waals surface area contributed by atoms with Crippen molar-refractivity contribution in [2.45, 2.75) is 45.1 Å². The fourth-order valence-corrected chi connectivity index (χ4v) is 3.27. The Bertz CT molecular complexity index is 731. The number of aromatic nitrogens is 2. The van der Waals surface area contributed by atoms with Crippen LogP contribution < -0.4 is 0 Å². The Labute approximate surface area is 141 Å². The van der Waals surface area contributed by atoms with E-state index in [1.165, 1.54) is 0 Å². The van der Waals surface area contributed by atoms with Crippen molar-refractivity contribution in [3.8, 4) is 0 Å². The second-order valence-corrected chi connectivity index (χ2v) is 6.43. The van der Waals surface area contributed by atoms with Gasteiger partial charge in [-0.25, -0.2) is 0 Å². The van der Waals surface area contributed by atoms with Crippen LogP contribution in [0.25, 0.3) is 0 Å². The van der Waals surface area contributed by atoms with Gasteiger partial charge in [0.15, 0.2) is 5.78 Å². The maximum atomic E-state index is 12.5. The average Bonchev–Trinajstić information content (AvgIpc) is 3.26. The molecule has 0 bridgehead atoms. The van der Waals surface area contributed by atoms with Crippen LogP contribution in [0.3, 0.4) is 0 Å². The lowest BCUT2D eigenvalue weighted by atomic mass is 10.0. The molecule has 3 heterocycles. The van der Waals surface area contributed by atoms with E-state index in [4.69, 9.17) is 4.42 Å². The normalized spacial score (nSPS) is 17.4. The smallest absolute Gasteiger partial charge is 0.223 e. The van der Waals surface area contributed by atoms with Crippen LogP contribution in [0.4, 0.5) is 0 Å². The number of ketones is 1. The molecule has 24 heavy (non-hydrogen) atoms. The van der Waals surface area contributed by atoms with Crippen LogP contribution in [0.2, 0.25) is 0 Å². The summed E-state index contributed by atoms with van der Waals surface area (Å²) in [5.74, 6) is 1.85. The maximum absolute atomic E-state index is 12.5. The minimum atomic E-state index is 0.00328. The fraction of sp³-hybridized carbons (Fsp3) is 0.500. The van der Waals surface area contributed by atoms with Crippen molar-refractivity contribution in [2.24, 2.45) is 7.05 Å². The lowest BCUT2D eigenvalue weighted by molar-refractivity contribution is -0.131. The summed E-state index contributed by atoms with van der Waals surface area (Å²) in [7, 11) is 1.79. The molecule has 128 valence electrons. The molecule has 1 saturated heterocycles. The number of hydrogen-bond donors (Lipinski definition) is 0. The van der Waals surface area contributed by atoms with Crippen molar-refractivity contribution in [3.05, 3.63) is 41.6 Å². The van der Waals surface area contributed by atoms with Crippen molar-refractivity contribution in [3.63, 3.8) is 0 Å². The minimum Gasteiger partial charge on any atom is -0.466 e. The molecular weight excluding hydrogens is 306 g/mol. The van der Waals surface area contributed by atoms with Crippen molar-refractivity contribution in [1.29, 1.82) is 0 Å². The number of amides is 1. The molecule has 1 fully saturated rings. The molecule has 6 nitrogen and oxygen atoms in total. The number of Topliss-reactive ketones (excluding diaryl/α,β-unsaturated/α-hetero) is 1. The Kier molecular flexibility index (Phi) is 4.83. The van der Waals surface area contributed by atoms with Gasteiger partial charge in [0, 0.05) is 45.1 Å². The maximum Gasteiger partial charge on any atom is 0.223 e. The molecule has 1 amide bonds. The van der Waals surface area contributed by atoms with Crippen LogP contribution in [0.1, 0.15) is 47.6 Å². The van der Waals surface area contributed by atoms with Crippen LogP contribution in [0.15, 0.2) is 28.9 Å². The van der Waals surface area contributed by atoms with E-state index in [9.17, 15) is 9.59 Å². The number of likely N-dealkylation sites (tertiary alicyclic amines) is 1. The van der Waals surface area contributed by atoms with Gasteiger partial charge in [-0.3, -0.25) is 14.3 Å². The molecule has 1 atom stereocenters. The second-order valence-electron chi connectivity index (χ2n) is 6.43. The molecule has 2 aromatic heterocycles. The summed E-state index contributed by atoms with van der Waals surface area (Å²) in [4.78, 5) is 26.7. The molecule has 3 rings (SSSR count). The summed E-state index contributed by atoms with van der Waals surface area (Å²) in [5, 5.41) is 4.04. The lowest BCUT2D eigenvalue weighted by Gasteiger charge is -2.24. The Morgan fingerprint density at radius 3 is 2.88 bits per heavy atom. The van der Waals surface area contributed by atoms with Crippen molar-refractivity contribution >= 4 is 11.7 Å². The third kappa shape index (κ3) is 3.75. The van der Waals surface area contributed by atoms with E-state index in [0.717, 1.165) is 30.9 Å². The first kappa shape index (κ1) is 16.5. The standard InChI is InChI=1S/C18H23N3O3/c1-13-5-6-16(24-13)7-8-18(23)21-9-3-4-15(21)10-17(22)14-11-19-20(2)12-14/h5-6,11-12,15H,3-4,7-10H2,1-2H3/t15-/m1/s1. The molecule has 0 radical (unpaired) electrons. The largest absolute Gasteiger partial charge is 0.466 e. The van der Waals surface area contributed by atoms with E-state index in [1.807, 2.05) is 24.0 Å². The number of hydrogen-bond acceptors (Lipinski definition) is 4. The van der Waals surface area contributed by atoms with Crippen LogP contribution in [-0.2, 0) is 18.3 Å². The van der Waals surface area contributed by atoms with Gasteiger partial charge in [-0.1, -0.05) is 0 Å². The monoisotopic (exact) mass is 329 g/mol. The molecule has 2 aromatic rings. The molecule has 1 aliphatic rings. The number of rotatable bonds is 6. The fourth-order valence-electron chi connectivity index (χ4n) is 3.27. The van der Waals surface area contributed by atoms with E-state index in [1.54, 1.807) is 24.1 Å². The summed E-state index contributed by atoms with van der Waals surface area (Å²) in [6.07, 6.45) is 6.55. The van der Waals surface area contributed by atoms with Crippen molar-refractivity contribution in [2.75, 3.05) is 6.54 Å². The van der Waals surface area contributed by atoms with Crippen LogP contribution >= 0.6 is 0 Å². The third-order valence-electron chi connectivity index (χ3n) is 4.53. The molecule has 0 aliphatic carbocycles. The quantitative estimate of drug-likeness (QED) is 0.764. The highest BCUT2D eigenvalue weighted by molar-refractivity contribution is 5.96. The first-order valence-electron chi connectivity index (χ1n) is 8.39. The number of furan rings is 1. The highest BCUT2D eigenvalue weighted by Gasteiger charge is 2.30. The molecule has 6 heteroatoms. The Hall–Kier alpha value is -2.37. The summed E-state index contributed by atoms with van der Waals surface area (Å²) in [6, 6.07) is 3.82. The van der Waals surface area contributed by atoms with Gasteiger partial charge in [-0.2, -0.15) is 5.10 Å². The summed E-state index contributed by atoms with van der Waals surface area (Å²) in [5.41, 5.74) is 0.614. The zero-order valence-corrected chi connectivity index (χ0v) is 14.2. The lowest BCUT2D eigenvalue weighted by Crippen LogP contribution is -2.37. The van der Waals surface area contributed by atoms with Gasteiger partial charge in [0.2, 0.25) is 5.91 Å². The second kappa shape index (κ2) is 7.03. The molecule has 0 unspecified atom stereocenters. The number of carbonyl (C=O) groups excluding carboxylic acids is 2. The topological polar surface area (TPSA) is 68.3 Å². The summed E-state index contributed by atoms with van der Waals surface area (Å²) >= 11 is 0. The zero-order chi connectivity index (χ0) is 17.1. The van der Waals surface area contributed by atoms with Gasteiger partial charge in [0.1, 0.15) is 11.5 Å². The van der Waals surface area contributed by atoms with Crippen LogP contribution in [0.5, 0.6) is 0 Å². The molecular formula is C18H23N3O3. The van der Waals surface area contributed by atoms with E-state index >= 15 is 0 Å². The average molecular weight is 329 g/mol. The van der Waals surface area contributed by atoms with Gasteiger partial charge in [-0.05, 0) is 31.9 Å². The van der Waals surface area contributed by atoms with Gasteiger partial charge < -0.3 is 9.32 Å². The predicted octanol–water partition coefficient (Wildman–Crippen LogP) is 2.52. The molecule has 0 aromatic carbocycles. The Morgan fingerprint density at radius 2 is 2.21 bits per heavy atom. The van der Waals surface area contributed by atoms with E-state index in [0.29, 0.717) is 24.8 Å². The highest BCUT2D eigenvalue weighted by atomic mass is 16.3. The van der Waals surface area contributed by atoms with Crippen LogP contribution in [0, 0.1) is 6.92 Å². The van der Waals surface area contributed by atoms with E-state index in [-0.39, 0.29) is 17.7 Å². The van der Waals surface area contributed by atoms with E-state index < -0.39 is 0 Å². The Balaban J connectivity index is 1.56. The first-order chi connectivity index (χ1) is 11.5. The zero-order valence-electron chi connectivity index (χ0n) is 14.2. The molecule has 0 N–H and O–H groups in total. The van der Waals surface area contributed by atoms with Crippen molar-refractivity contribution in [1.82, 2.24) is 14.7 Å². The summed E-state index contributed by atoms with van der Waals surface area (Å²) < 4.78 is 7.14. The first-order valence-corrected chi connectivity index (χ1v) is 8.39. The van der Waals surface area contributed by atoms with E-state index in [2.05, 4.69) is 5.10 Å². The molecule has 0 spiro atoms. The SMILES string of the molecule is Cc1ccc(CCC(=O)N2CCC[C@@H]2CC(=O)c2cnn(C)c2)o1. The van der Waals surface area contributed by atoms with Gasteiger partial charge in [-0.15, -0.1) is 0 Å². The minimum absolute atomic E-state index is 0.00328. The van der Waals surface area contributed by atoms with Gasteiger partial charge >= 0.3 is 0 Å². The third-order valence-corrected chi connectivity index (χ3v) is 4.53. The number of carbonyl (C=O) groups is 2. The molecule has 0 saturated carbocycles. The predicted molar refractivity (Wildman–Crippen MR) is 88.7 cm³/mol. The van der Waals surface area contributed by atoms with Gasteiger partial charge in [0.05, 0.1) is 11.8 Å².